The van der Waals surface area contributed by atoms with E-state index in [-0.39, 0.29) is 12.1 Å². The van der Waals surface area contributed by atoms with Gasteiger partial charge in [-0.3, -0.25) is 0 Å². The van der Waals surface area contributed by atoms with Gasteiger partial charge in [0.2, 0.25) is 0 Å². The summed E-state index contributed by atoms with van der Waals surface area (Å²) < 4.78 is 37.9. The second kappa shape index (κ2) is 4.80. The highest BCUT2D eigenvalue weighted by molar-refractivity contribution is 5.56. The van der Waals surface area contributed by atoms with Crippen molar-refractivity contribution in [3.8, 4) is 0 Å². The largest absolute Gasteiger partial charge is 0.405 e. The van der Waals surface area contributed by atoms with Gasteiger partial charge in [-0.15, -0.1) is 0 Å². The quantitative estimate of drug-likeness (QED) is 0.898. The number of nitrogens with zero attached hydrogens (tertiary/aromatic N) is 1. The summed E-state index contributed by atoms with van der Waals surface area (Å²) in [4.78, 5) is 1.44. The molecule has 0 aromatic heterocycles. The second-order valence-corrected chi connectivity index (χ2v) is 4.82. The van der Waals surface area contributed by atoms with E-state index >= 15 is 0 Å². The predicted octanol–water partition coefficient (Wildman–Crippen LogP) is 3.24. The maximum atomic E-state index is 12.6. The summed E-state index contributed by atoms with van der Waals surface area (Å²) in [5.74, 6) is 0. The summed E-state index contributed by atoms with van der Waals surface area (Å²) in [6.07, 6.45) is -2.54. The summed E-state index contributed by atoms with van der Waals surface area (Å²) in [5, 5.41) is 0. The summed E-state index contributed by atoms with van der Waals surface area (Å²) in [6, 6.07) is 6.82. The van der Waals surface area contributed by atoms with Gasteiger partial charge in [0.25, 0.3) is 0 Å². The van der Waals surface area contributed by atoms with E-state index in [9.17, 15) is 13.2 Å². The van der Waals surface area contributed by atoms with Crippen molar-refractivity contribution in [2.45, 2.75) is 38.0 Å². The van der Waals surface area contributed by atoms with Crippen molar-refractivity contribution in [1.29, 1.82) is 0 Å². The normalized spacial score (nSPS) is 17.6. The van der Waals surface area contributed by atoms with Gasteiger partial charge in [-0.2, -0.15) is 13.2 Å². The summed E-state index contributed by atoms with van der Waals surface area (Å²) in [7, 11) is 0. The van der Waals surface area contributed by atoms with Crippen molar-refractivity contribution >= 4 is 5.69 Å². The molecule has 2 N–H and O–H groups in total. The Bertz CT molecular complexity index is 411. The number of para-hydroxylation sites is 1. The highest BCUT2D eigenvalue weighted by Crippen LogP contribution is 2.37. The lowest BCUT2D eigenvalue weighted by atomic mass is 10.1. The average Bonchev–Trinajstić information content (AvgIpc) is 3.08. The molecule has 1 aliphatic rings. The lowest BCUT2D eigenvalue weighted by molar-refractivity contribution is -0.120. The molecule has 100 valence electrons. The Morgan fingerprint density at radius 3 is 2.44 bits per heavy atom. The molecular formula is C13H17F3N2. The van der Waals surface area contributed by atoms with Crippen LogP contribution in [0.3, 0.4) is 0 Å². The Morgan fingerprint density at radius 2 is 1.94 bits per heavy atom. The first-order chi connectivity index (χ1) is 8.38. The monoisotopic (exact) mass is 258 g/mol. The van der Waals surface area contributed by atoms with Gasteiger partial charge in [0, 0.05) is 17.8 Å². The van der Waals surface area contributed by atoms with Crippen LogP contribution in [-0.4, -0.2) is 18.8 Å². The highest BCUT2D eigenvalue weighted by atomic mass is 19.4. The fourth-order valence-electron chi connectivity index (χ4n) is 2.12. The van der Waals surface area contributed by atoms with Crippen molar-refractivity contribution in [2.24, 2.45) is 5.73 Å². The zero-order valence-electron chi connectivity index (χ0n) is 10.2. The van der Waals surface area contributed by atoms with E-state index in [1.54, 1.807) is 31.2 Å². The van der Waals surface area contributed by atoms with Gasteiger partial charge in [0.1, 0.15) is 6.54 Å². The van der Waals surface area contributed by atoms with Gasteiger partial charge in [-0.25, -0.2) is 0 Å². The van der Waals surface area contributed by atoms with Crippen LogP contribution in [-0.2, 0) is 0 Å². The molecule has 0 amide bonds. The molecular weight excluding hydrogens is 241 g/mol. The third-order valence-corrected chi connectivity index (χ3v) is 3.07. The molecule has 1 unspecified atom stereocenters. The molecule has 0 spiro atoms. The number of anilines is 1. The Kier molecular flexibility index (Phi) is 3.52. The Hall–Kier alpha value is -1.23. The van der Waals surface area contributed by atoms with Gasteiger partial charge >= 0.3 is 6.18 Å². The molecule has 1 aliphatic carbocycles. The summed E-state index contributed by atoms with van der Waals surface area (Å²) in [6.45, 7) is 0.888. The Labute approximate surface area is 105 Å². The SMILES string of the molecule is CC(N)c1ccccc1N(CC(F)(F)F)C1CC1. The first-order valence-corrected chi connectivity index (χ1v) is 6.06. The smallest absolute Gasteiger partial charge is 0.359 e. The van der Waals surface area contributed by atoms with E-state index < -0.39 is 12.7 Å². The molecule has 18 heavy (non-hydrogen) atoms. The van der Waals surface area contributed by atoms with Crippen molar-refractivity contribution in [1.82, 2.24) is 0 Å². The predicted molar refractivity (Wildman–Crippen MR) is 65.5 cm³/mol. The number of benzene rings is 1. The molecule has 0 bridgehead atoms. The minimum absolute atomic E-state index is 0.00604. The maximum Gasteiger partial charge on any atom is 0.405 e. The first-order valence-electron chi connectivity index (χ1n) is 6.06. The van der Waals surface area contributed by atoms with Gasteiger partial charge < -0.3 is 10.6 Å². The molecule has 0 saturated heterocycles. The third kappa shape index (κ3) is 3.16. The maximum absolute atomic E-state index is 12.6. The van der Waals surface area contributed by atoms with E-state index in [2.05, 4.69) is 0 Å². The van der Waals surface area contributed by atoms with Crippen LogP contribution < -0.4 is 10.6 Å². The van der Waals surface area contributed by atoms with Crippen LogP contribution in [0.25, 0.3) is 0 Å². The minimum Gasteiger partial charge on any atom is -0.359 e. The minimum atomic E-state index is -4.19. The van der Waals surface area contributed by atoms with Crippen LogP contribution in [0.2, 0.25) is 0 Å². The number of hydrogen-bond donors (Lipinski definition) is 1. The summed E-state index contributed by atoms with van der Waals surface area (Å²) in [5.41, 5.74) is 7.22. The zero-order chi connectivity index (χ0) is 13.3. The fraction of sp³-hybridized carbons (Fsp3) is 0.538. The molecule has 1 aromatic carbocycles. The van der Waals surface area contributed by atoms with Crippen LogP contribution >= 0.6 is 0 Å². The Balaban J connectivity index is 2.31. The van der Waals surface area contributed by atoms with Crippen molar-refractivity contribution in [2.75, 3.05) is 11.4 Å². The van der Waals surface area contributed by atoms with E-state index in [1.165, 1.54) is 4.90 Å². The van der Waals surface area contributed by atoms with Crippen LogP contribution in [0.15, 0.2) is 24.3 Å². The van der Waals surface area contributed by atoms with Crippen molar-refractivity contribution in [3.63, 3.8) is 0 Å². The fourth-order valence-corrected chi connectivity index (χ4v) is 2.12. The molecule has 2 rings (SSSR count). The topological polar surface area (TPSA) is 29.3 Å². The number of nitrogens with two attached hydrogens (primary N) is 1. The van der Waals surface area contributed by atoms with Gasteiger partial charge in [-0.05, 0) is 31.4 Å². The van der Waals surface area contributed by atoms with Crippen molar-refractivity contribution in [3.05, 3.63) is 29.8 Å². The lowest BCUT2D eigenvalue weighted by Crippen LogP contribution is -2.37. The molecule has 0 heterocycles. The standard InChI is InChI=1S/C13H17F3N2/c1-9(17)11-4-2-3-5-12(11)18(10-6-7-10)8-13(14,15)16/h2-5,9-10H,6-8,17H2,1H3. The molecule has 0 aliphatic heterocycles. The van der Waals surface area contributed by atoms with Crippen molar-refractivity contribution < 1.29 is 13.2 Å². The van der Waals surface area contributed by atoms with Crippen LogP contribution in [0.4, 0.5) is 18.9 Å². The van der Waals surface area contributed by atoms with E-state index in [1.807, 2.05) is 0 Å². The molecule has 1 fully saturated rings. The van der Waals surface area contributed by atoms with E-state index in [4.69, 9.17) is 5.73 Å². The zero-order valence-corrected chi connectivity index (χ0v) is 10.2. The van der Waals surface area contributed by atoms with Crippen LogP contribution in [0.5, 0.6) is 0 Å². The Morgan fingerprint density at radius 1 is 1.33 bits per heavy atom. The van der Waals surface area contributed by atoms with Gasteiger partial charge in [0.05, 0.1) is 0 Å². The van der Waals surface area contributed by atoms with E-state index in [0.717, 1.165) is 18.4 Å². The third-order valence-electron chi connectivity index (χ3n) is 3.07. The number of hydrogen-bond acceptors (Lipinski definition) is 2. The van der Waals surface area contributed by atoms with Gasteiger partial charge in [-0.1, -0.05) is 18.2 Å². The number of alkyl halides is 3. The molecule has 5 heteroatoms. The molecule has 1 saturated carbocycles. The molecule has 1 atom stereocenters. The van der Waals surface area contributed by atoms with Crippen LogP contribution in [0.1, 0.15) is 31.4 Å². The van der Waals surface area contributed by atoms with E-state index in [0.29, 0.717) is 5.69 Å². The number of rotatable bonds is 4. The van der Waals surface area contributed by atoms with Gasteiger partial charge in [0.15, 0.2) is 0 Å². The summed E-state index contributed by atoms with van der Waals surface area (Å²) >= 11 is 0. The first kappa shape index (κ1) is 13.2. The number of halogens is 3. The molecule has 2 nitrogen and oxygen atoms in total. The average molecular weight is 258 g/mol. The molecule has 1 aromatic rings. The van der Waals surface area contributed by atoms with Crippen LogP contribution in [0, 0.1) is 0 Å². The molecule has 0 radical (unpaired) electrons. The lowest BCUT2D eigenvalue weighted by Gasteiger charge is -2.29. The second-order valence-electron chi connectivity index (χ2n) is 4.82. The highest BCUT2D eigenvalue weighted by Gasteiger charge is 2.38.